The molecule has 2 aliphatic heterocycles. The number of amides is 2. The van der Waals surface area contributed by atoms with Crippen molar-refractivity contribution in [1.82, 2.24) is 9.80 Å². The smallest absolute Gasteiger partial charge is 0.393 e. The molecule has 1 aromatic rings. The molecule has 2 saturated heterocycles. The Kier molecular flexibility index (Phi) is 8.57. The van der Waals surface area contributed by atoms with Gasteiger partial charge in [0.15, 0.2) is 5.11 Å². The van der Waals surface area contributed by atoms with E-state index >= 15 is 8.78 Å². The second-order valence-corrected chi connectivity index (χ2v) is 11.2. The highest BCUT2D eigenvalue weighted by Crippen LogP contribution is 2.45. The van der Waals surface area contributed by atoms with Gasteiger partial charge in [0.2, 0.25) is 5.91 Å². The molecule has 3 aliphatic rings. The van der Waals surface area contributed by atoms with Crippen LogP contribution in [0.5, 0.6) is 0 Å². The Morgan fingerprint density at radius 1 is 1.22 bits per heavy atom. The zero-order chi connectivity index (χ0) is 30.3. The summed E-state index contributed by atoms with van der Waals surface area (Å²) < 4.78 is 71.3. The minimum absolute atomic E-state index is 0.0659. The standard InChI is InChI=1S/C28H29F5N4O3S/c1-27(2)25(40)36(21-9-7-17(15-34)23(24(21)30)28(31,32)33)26(41)37(27)18-8-6-16(20(29)14-18)4-3-5-22(39)35-12-10-19(38)11-13-35/h6-9,14,17,19,23,38H,3-5,10-13H2,1-2H3. The fourth-order valence-corrected chi connectivity index (χ4v) is 5.89. The lowest BCUT2D eigenvalue weighted by Gasteiger charge is -2.30. The number of nitriles is 1. The van der Waals surface area contributed by atoms with Gasteiger partial charge in [-0.05, 0) is 75.5 Å². The van der Waals surface area contributed by atoms with E-state index in [4.69, 9.17) is 17.5 Å². The first-order valence-electron chi connectivity index (χ1n) is 13.2. The third-order valence-corrected chi connectivity index (χ3v) is 8.06. The van der Waals surface area contributed by atoms with Gasteiger partial charge < -0.3 is 14.9 Å². The number of benzene rings is 1. The summed E-state index contributed by atoms with van der Waals surface area (Å²) in [6.07, 6.45) is -1.75. The van der Waals surface area contributed by atoms with Crippen molar-refractivity contribution in [3.05, 3.63) is 53.3 Å². The maximum absolute atomic E-state index is 15.2. The van der Waals surface area contributed by atoms with Crippen LogP contribution in [0.4, 0.5) is 27.6 Å². The van der Waals surface area contributed by atoms with Crippen LogP contribution in [0.3, 0.4) is 0 Å². The molecule has 0 aromatic heterocycles. The second-order valence-electron chi connectivity index (χ2n) is 10.8. The summed E-state index contributed by atoms with van der Waals surface area (Å²) in [6, 6.07) is 5.55. The molecular weight excluding hydrogens is 567 g/mol. The summed E-state index contributed by atoms with van der Waals surface area (Å²) >= 11 is 5.41. The molecule has 4 rings (SSSR count). The van der Waals surface area contributed by atoms with Crippen LogP contribution in [0, 0.1) is 29.0 Å². The fourth-order valence-electron chi connectivity index (χ4n) is 5.37. The van der Waals surface area contributed by atoms with E-state index < -0.39 is 52.9 Å². The molecule has 2 fully saturated rings. The molecule has 2 heterocycles. The molecule has 0 radical (unpaired) electrons. The third-order valence-electron chi connectivity index (χ3n) is 7.70. The number of halogens is 5. The number of piperidine rings is 1. The number of anilines is 1. The van der Waals surface area contributed by atoms with Gasteiger partial charge in [0, 0.05) is 25.2 Å². The summed E-state index contributed by atoms with van der Waals surface area (Å²) in [5.41, 5.74) is -1.75. The largest absolute Gasteiger partial charge is 0.399 e. The number of aryl methyl sites for hydroxylation is 1. The van der Waals surface area contributed by atoms with Gasteiger partial charge in [0.05, 0.1) is 23.8 Å². The van der Waals surface area contributed by atoms with Gasteiger partial charge in [-0.2, -0.15) is 18.4 Å². The lowest BCUT2D eigenvalue weighted by molar-refractivity contribution is -0.174. The molecule has 13 heteroatoms. The highest BCUT2D eigenvalue weighted by molar-refractivity contribution is 7.80. The summed E-state index contributed by atoms with van der Waals surface area (Å²) in [5.74, 6) is -7.77. The van der Waals surface area contributed by atoms with Gasteiger partial charge in [0.1, 0.15) is 23.1 Å². The predicted molar refractivity (Wildman–Crippen MR) is 143 cm³/mol. The Hall–Kier alpha value is -3.37. The summed E-state index contributed by atoms with van der Waals surface area (Å²) in [6.45, 7) is 3.83. The lowest BCUT2D eigenvalue weighted by Crippen LogP contribution is -2.44. The number of aliphatic hydroxyl groups excluding tert-OH is 1. The average molecular weight is 597 g/mol. The van der Waals surface area contributed by atoms with Crippen molar-refractivity contribution >= 4 is 34.8 Å². The molecule has 0 saturated carbocycles. The van der Waals surface area contributed by atoms with Crippen molar-refractivity contribution < 1.29 is 36.6 Å². The number of carbonyl (C=O) groups excluding carboxylic acids is 2. The number of rotatable bonds is 6. The minimum atomic E-state index is -5.08. The minimum Gasteiger partial charge on any atom is -0.393 e. The van der Waals surface area contributed by atoms with E-state index in [-0.39, 0.29) is 29.5 Å². The van der Waals surface area contributed by atoms with Crippen LogP contribution in [-0.4, -0.2) is 62.7 Å². The zero-order valence-corrected chi connectivity index (χ0v) is 23.2. The van der Waals surface area contributed by atoms with Gasteiger partial charge in [-0.25, -0.2) is 8.78 Å². The average Bonchev–Trinajstić information content (AvgIpc) is 3.07. The Balaban J connectivity index is 1.52. The predicted octanol–water partition coefficient (Wildman–Crippen LogP) is 4.91. The van der Waals surface area contributed by atoms with Gasteiger partial charge in [-0.3, -0.25) is 14.5 Å². The van der Waals surface area contributed by atoms with Crippen LogP contribution in [0.1, 0.15) is 45.1 Å². The molecule has 2 unspecified atom stereocenters. The van der Waals surface area contributed by atoms with Crippen LogP contribution in [0.15, 0.2) is 41.9 Å². The Bertz CT molecular complexity index is 1340. The number of nitrogens with zero attached hydrogens (tertiary/aromatic N) is 4. The number of alkyl halides is 3. The highest BCUT2D eigenvalue weighted by atomic mass is 32.1. The number of carbonyl (C=O) groups is 2. The van der Waals surface area contributed by atoms with Crippen LogP contribution in [0.2, 0.25) is 0 Å². The number of likely N-dealkylation sites (tertiary alicyclic amines) is 1. The molecule has 1 aromatic carbocycles. The van der Waals surface area contributed by atoms with Crippen LogP contribution < -0.4 is 4.90 Å². The van der Waals surface area contributed by atoms with Gasteiger partial charge >= 0.3 is 6.18 Å². The van der Waals surface area contributed by atoms with Crippen molar-refractivity contribution in [2.24, 2.45) is 11.8 Å². The normalized spacial score (nSPS) is 23.4. The Morgan fingerprint density at radius 2 is 1.88 bits per heavy atom. The molecule has 220 valence electrons. The van der Waals surface area contributed by atoms with E-state index in [1.807, 2.05) is 0 Å². The van der Waals surface area contributed by atoms with Crippen molar-refractivity contribution in [2.45, 2.75) is 63.8 Å². The summed E-state index contributed by atoms with van der Waals surface area (Å²) in [5, 5.41) is 18.4. The Labute approximate surface area is 239 Å². The molecule has 0 spiro atoms. The maximum atomic E-state index is 15.2. The molecule has 2 amide bonds. The molecule has 7 nitrogen and oxygen atoms in total. The van der Waals surface area contributed by atoms with E-state index in [2.05, 4.69) is 0 Å². The molecule has 41 heavy (non-hydrogen) atoms. The lowest BCUT2D eigenvalue weighted by atomic mass is 9.86. The fraction of sp³-hybridized carbons (Fsp3) is 0.500. The number of thiocarbonyl (C=S) groups is 1. The number of hydrogen-bond donors (Lipinski definition) is 1. The molecular formula is C28H29F5N4O3S. The van der Waals surface area contributed by atoms with E-state index in [0.717, 1.165) is 18.2 Å². The molecule has 0 bridgehead atoms. The topological polar surface area (TPSA) is 87.9 Å². The van der Waals surface area contributed by atoms with E-state index in [0.29, 0.717) is 42.8 Å². The van der Waals surface area contributed by atoms with Gasteiger partial charge in [0.25, 0.3) is 5.91 Å². The Morgan fingerprint density at radius 3 is 2.46 bits per heavy atom. The van der Waals surface area contributed by atoms with Crippen molar-refractivity contribution in [1.29, 1.82) is 5.26 Å². The zero-order valence-electron chi connectivity index (χ0n) is 22.4. The first kappa shape index (κ1) is 30.6. The monoisotopic (exact) mass is 596 g/mol. The summed E-state index contributed by atoms with van der Waals surface area (Å²) in [4.78, 5) is 29.4. The number of allylic oxidation sites excluding steroid dienone is 3. The van der Waals surface area contributed by atoms with Crippen LogP contribution in [-0.2, 0) is 16.0 Å². The molecule has 2 atom stereocenters. The summed E-state index contributed by atoms with van der Waals surface area (Å²) in [7, 11) is 0. The van der Waals surface area contributed by atoms with Crippen molar-refractivity contribution in [3.8, 4) is 6.07 Å². The second kappa shape index (κ2) is 11.5. The van der Waals surface area contributed by atoms with E-state index in [1.165, 1.54) is 36.9 Å². The van der Waals surface area contributed by atoms with Crippen LogP contribution >= 0.6 is 12.2 Å². The van der Waals surface area contributed by atoms with Gasteiger partial charge in [-0.1, -0.05) is 12.1 Å². The first-order valence-corrected chi connectivity index (χ1v) is 13.6. The van der Waals surface area contributed by atoms with Gasteiger partial charge in [-0.15, -0.1) is 0 Å². The maximum Gasteiger partial charge on any atom is 0.399 e. The van der Waals surface area contributed by atoms with Crippen molar-refractivity contribution in [2.75, 3.05) is 18.0 Å². The third kappa shape index (κ3) is 5.85. The first-order chi connectivity index (χ1) is 19.2. The number of hydrogen-bond acceptors (Lipinski definition) is 5. The van der Waals surface area contributed by atoms with Crippen molar-refractivity contribution in [3.63, 3.8) is 0 Å². The quantitative estimate of drug-likeness (QED) is 0.371. The van der Waals surface area contributed by atoms with E-state index in [9.17, 15) is 27.9 Å². The molecule has 1 N–H and O–H groups in total. The van der Waals surface area contributed by atoms with Crippen LogP contribution in [0.25, 0.3) is 0 Å². The highest BCUT2D eigenvalue weighted by Gasteiger charge is 2.55. The van der Waals surface area contributed by atoms with E-state index in [1.54, 1.807) is 4.90 Å². The SMILES string of the molecule is CC1(C)C(=O)N(C2=C(F)C(C(F)(F)F)C(C#N)C=C2)C(=S)N1c1ccc(CCCC(=O)N2CCC(O)CC2)c(F)c1. The number of aliphatic hydroxyl groups is 1. The molecule has 1 aliphatic carbocycles.